The first kappa shape index (κ1) is 29.6. The van der Waals surface area contributed by atoms with Crippen molar-refractivity contribution >= 4 is 19.7 Å². The summed E-state index contributed by atoms with van der Waals surface area (Å²) in [6.45, 7) is 18.1. The molecule has 0 aromatic carbocycles. The van der Waals surface area contributed by atoms with Gasteiger partial charge in [-0.2, -0.15) is 0 Å². The molecule has 8 nitrogen and oxygen atoms in total. The molecule has 2 aromatic rings. The van der Waals surface area contributed by atoms with Crippen LogP contribution in [0.1, 0.15) is 11.1 Å². The van der Waals surface area contributed by atoms with Gasteiger partial charge in [-0.15, -0.1) is 12.0 Å². The van der Waals surface area contributed by atoms with Gasteiger partial charge in [-0.25, -0.2) is 9.97 Å². The van der Waals surface area contributed by atoms with E-state index in [-0.39, 0.29) is 0 Å². The fraction of sp³-hybridized carbons (Fsp3) is 0.517. The second-order valence-electron chi connectivity index (χ2n) is 10.3. The Labute approximate surface area is 229 Å². The van der Waals surface area contributed by atoms with Gasteiger partial charge in [0.1, 0.15) is 19.7 Å². The van der Waals surface area contributed by atoms with E-state index in [0.717, 1.165) is 102 Å². The minimum Gasteiger partial charge on any atom is -0.379 e. The molecule has 2 aliphatic rings. The number of hydrogen-bond acceptors (Lipinski definition) is 8. The van der Waals surface area contributed by atoms with Crippen molar-refractivity contribution in [3.8, 4) is 23.8 Å². The number of anilines is 2. The largest absolute Gasteiger partial charge is 0.379 e. The molecule has 0 radical (unpaired) electrons. The number of pyridine rings is 2. The Morgan fingerprint density at radius 3 is 1.66 bits per heavy atom. The first-order valence-electron chi connectivity index (χ1n) is 13.4. The van der Waals surface area contributed by atoms with Crippen LogP contribution in [0.5, 0.6) is 0 Å². The van der Waals surface area contributed by atoms with Gasteiger partial charge in [0.2, 0.25) is 0 Å². The quantitative estimate of drug-likeness (QED) is 0.396. The minimum absolute atomic E-state index is 0.809. The van der Waals surface area contributed by atoms with Crippen molar-refractivity contribution in [3.63, 3.8) is 0 Å². The average molecular weight is 535 g/mol. The van der Waals surface area contributed by atoms with E-state index < -0.39 is 8.07 Å². The molecule has 9 heteroatoms. The second-order valence-corrected chi connectivity index (χ2v) is 15.0. The van der Waals surface area contributed by atoms with E-state index in [0.29, 0.717) is 0 Å². The monoisotopic (exact) mass is 534 g/mol. The third kappa shape index (κ3) is 12.1. The van der Waals surface area contributed by atoms with Crippen molar-refractivity contribution in [1.29, 1.82) is 0 Å². The molecule has 2 aliphatic heterocycles. The molecule has 0 spiro atoms. The Kier molecular flexibility index (Phi) is 12.6. The van der Waals surface area contributed by atoms with Gasteiger partial charge < -0.3 is 20.1 Å². The van der Waals surface area contributed by atoms with Crippen LogP contribution in [-0.2, 0) is 9.47 Å². The summed E-state index contributed by atoms with van der Waals surface area (Å²) in [7, 11) is -1.31. The number of morpholine rings is 2. The molecule has 0 amide bonds. The molecular weight excluding hydrogens is 492 g/mol. The van der Waals surface area contributed by atoms with Gasteiger partial charge in [0.25, 0.3) is 0 Å². The van der Waals surface area contributed by atoms with E-state index in [1.807, 2.05) is 30.5 Å². The second kappa shape index (κ2) is 16.1. The highest BCUT2D eigenvalue weighted by atomic mass is 28.3. The van der Waals surface area contributed by atoms with Gasteiger partial charge >= 0.3 is 0 Å². The fourth-order valence-electron chi connectivity index (χ4n) is 3.75. The van der Waals surface area contributed by atoms with Crippen molar-refractivity contribution in [1.82, 2.24) is 19.8 Å². The summed E-state index contributed by atoms with van der Waals surface area (Å²) in [4.78, 5) is 13.4. The number of terminal acetylenes is 1. The van der Waals surface area contributed by atoms with Crippen molar-refractivity contribution in [2.45, 2.75) is 19.6 Å². The van der Waals surface area contributed by atoms with E-state index in [1.165, 1.54) is 0 Å². The molecule has 38 heavy (non-hydrogen) atoms. The predicted molar refractivity (Wildman–Crippen MR) is 158 cm³/mol. The van der Waals surface area contributed by atoms with Crippen LogP contribution in [0.2, 0.25) is 19.6 Å². The van der Waals surface area contributed by atoms with Gasteiger partial charge in [-0.1, -0.05) is 31.5 Å². The van der Waals surface area contributed by atoms with Crippen LogP contribution >= 0.6 is 0 Å². The zero-order valence-corrected chi connectivity index (χ0v) is 24.1. The van der Waals surface area contributed by atoms with Gasteiger partial charge in [-0.3, -0.25) is 9.80 Å². The third-order valence-corrected chi connectivity index (χ3v) is 6.83. The summed E-state index contributed by atoms with van der Waals surface area (Å²) in [6.07, 6.45) is 8.83. The van der Waals surface area contributed by atoms with E-state index in [1.54, 1.807) is 6.20 Å². The SMILES string of the molecule is C#Cc1ccc(NCCN2CCOCC2)nc1.C[Si](C)(C)C#Cc1ccc(NCCN2CCOCC2)nc1. The Morgan fingerprint density at radius 2 is 1.26 bits per heavy atom. The average Bonchev–Trinajstić information content (AvgIpc) is 2.94. The predicted octanol–water partition coefficient (Wildman–Crippen LogP) is 2.86. The van der Waals surface area contributed by atoms with Crippen LogP contribution in [0.3, 0.4) is 0 Å². The van der Waals surface area contributed by atoms with Crippen molar-refractivity contribution in [2.75, 3.05) is 89.4 Å². The fourth-order valence-corrected chi connectivity index (χ4v) is 4.27. The normalized spacial score (nSPS) is 16.3. The number of rotatable bonds is 8. The van der Waals surface area contributed by atoms with Crippen LogP contribution in [-0.4, -0.2) is 107 Å². The highest BCUT2D eigenvalue weighted by Crippen LogP contribution is 2.06. The minimum atomic E-state index is -1.31. The maximum atomic E-state index is 5.34. The summed E-state index contributed by atoms with van der Waals surface area (Å²) < 4.78 is 10.6. The molecule has 0 bridgehead atoms. The molecule has 0 aliphatic carbocycles. The number of ether oxygens (including phenoxy) is 2. The van der Waals surface area contributed by atoms with Gasteiger partial charge in [0.05, 0.1) is 26.4 Å². The maximum absolute atomic E-state index is 5.34. The summed E-state index contributed by atoms with van der Waals surface area (Å²) >= 11 is 0. The standard InChI is InChI=1S/C16H25N3OSi.C13H17N3O/c1-21(2,3)13-6-15-4-5-16(18-14-15)17-7-8-19-9-11-20-12-10-19;1-2-12-3-4-13(15-11-12)14-5-6-16-7-9-17-10-8-16/h4-5,14H,7-12H2,1-3H3,(H,17,18);1,3-4,11H,5-10H2,(H,14,15). The molecule has 0 atom stereocenters. The Bertz CT molecular complexity index is 1040. The first-order valence-corrected chi connectivity index (χ1v) is 16.9. The molecule has 4 rings (SSSR count). The van der Waals surface area contributed by atoms with Crippen LogP contribution < -0.4 is 10.6 Å². The molecule has 2 fully saturated rings. The molecule has 0 unspecified atom stereocenters. The van der Waals surface area contributed by atoms with Gasteiger partial charge in [0, 0.05) is 75.9 Å². The Balaban J connectivity index is 0.000000215. The van der Waals surface area contributed by atoms with Crippen LogP contribution in [0.4, 0.5) is 11.6 Å². The maximum Gasteiger partial charge on any atom is 0.129 e. The van der Waals surface area contributed by atoms with Crippen LogP contribution in [0.15, 0.2) is 36.7 Å². The molecule has 0 saturated carbocycles. The zero-order chi connectivity index (χ0) is 27.1. The zero-order valence-electron chi connectivity index (χ0n) is 23.1. The van der Waals surface area contributed by atoms with E-state index in [4.69, 9.17) is 15.9 Å². The smallest absolute Gasteiger partial charge is 0.129 e. The summed E-state index contributed by atoms with van der Waals surface area (Å²) in [5, 5.41) is 6.64. The first-order chi connectivity index (χ1) is 18.4. The molecule has 2 saturated heterocycles. The Morgan fingerprint density at radius 1 is 0.789 bits per heavy atom. The van der Waals surface area contributed by atoms with E-state index in [9.17, 15) is 0 Å². The highest BCUT2D eigenvalue weighted by Gasteiger charge is 2.10. The van der Waals surface area contributed by atoms with Gasteiger partial charge in [0.15, 0.2) is 0 Å². The molecule has 4 heterocycles. The lowest BCUT2D eigenvalue weighted by Crippen LogP contribution is -2.39. The molecule has 204 valence electrons. The third-order valence-electron chi connectivity index (χ3n) is 5.95. The Hall–Kier alpha value is -2.92. The van der Waals surface area contributed by atoms with Crippen LogP contribution in [0, 0.1) is 23.8 Å². The molecular formula is C29H42N6O2Si. The number of aromatic nitrogens is 2. The van der Waals surface area contributed by atoms with E-state index >= 15 is 0 Å². The molecule has 2 N–H and O–H groups in total. The van der Waals surface area contributed by atoms with Crippen molar-refractivity contribution < 1.29 is 9.47 Å². The van der Waals surface area contributed by atoms with Gasteiger partial charge in [-0.05, 0) is 24.3 Å². The molecule has 2 aromatic heterocycles. The summed E-state index contributed by atoms with van der Waals surface area (Å²) in [5.41, 5.74) is 5.16. The van der Waals surface area contributed by atoms with E-state index in [2.05, 4.69) is 67.4 Å². The van der Waals surface area contributed by atoms with Crippen molar-refractivity contribution in [2.24, 2.45) is 0 Å². The van der Waals surface area contributed by atoms with Crippen LogP contribution in [0.25, 0.3) is 0 Å². The number of nitrogens with one attached hydrogen (secondary N) is 2. The highest BCUT2D eigenvalue weighted by molar-refractivity contribution is 6.83. The lowest BCUT2D eigenvalue weighted by atomic mass is 10.3. The number of nitrogens with zero attached hydrogens (tertiary/aromatic N) is 4. The lowest BCUT2D eigenvalue weighted by molar-refractivity contribution is 0.0398. The summed E-state index contributed by atoms with van der Waals surface area (Å²) in [5.74, 6) is 7.56. The topological polar surface area (TPSA) is 74.8 Å². The number of hydrogen-bond donors (Lipinski definition) is 2. The van der Waals surface area contributed by atoms with Crippen molar-refractivity contribution in [3.05, 3.63) is 47.8 Å². The lowest BCUT2D eigenvalue weighted by Gasteiger charge is -2.26. The summed E-state index contributed by atoms with van der Waals surface area (Å²) in [6, 6.07) is 7.85.